The Morgan fingerprint density at radius 2 is 1.86 bits per heavy atom. The SMILES string of the molecule is CCCNc1cc(Sc2ccc(C(C)C)cc2)nc(C)n1. The highest BCUT2D eigenvalue weighted by Gasteiger charge is 2.05. The first-order chi connectivity index (χ1) is 10.1. The smallest absolute Gasteiger partial charge is 0.130 e. The maximum absolute atomic E-state index is 4.51. The van der Waals surface area contributed by atoms with Crippen LogP contribution in [-0.4, -0.2) is 16.5 Å². The molecule has 1 heterocycles. The van der Waals surface area contributed by atoms with Crippen LogP contribution in [0.3, 0.4) is 0 Å². The molecule has 0 unspecified atom stereocenters. The van der Waals surface area contributed by atoms with Crippen LogP contribution in [0.4, 0.5) is 5.82 Å². The first kappa shape index (κ1) is 15.8. The van der Waals surface area contributed by atoms with Gasteiger partial charge in [0.2, 0.25) is 0 Å². The molecule has 0 aliphatic rings. The lowest BCUT2D eigenvalue weighted by Gasteiger charge is -2.09. The molecule has 0 aliphatic carbocycles. The molecule has 21 heavy (non-hydrogen) atoms. The average Bonchev–Trinajstić information content (AvgIpc) is 2.45. The van der Waals surface area contributed by atoms with Crippen molar-refractivity contribution in [1.82, 2.24) is 9.97 Å². The van der Waals surface area contributed by atoms with E-state index in [0.717, 1.165) is 29.6 Å². The van der Waals surface area contributed by atoms with Crippen LogP contribution >= 0.6 is 11.8 Å². The van der Waals surface area contributed by atoms with E-state index in [0.29, 0.717) is 5.92 Å². The van der Waals surface area contributed by atoms with Crippen LogP contribution in [0.2, 0.25) is 0 Å². The fourth-order valence-electron chi connectivity index (χ4n) is 1.98. The number of aryl methyl sites for hydroxylation is 1. The summed E-state index contributed by atoms with van der Waals surface area (Å²) in [5.74, 6) is 2.28. The third-order valence-corrected chi connectivity index (χ3v) is 4.07. The first-order valence-corrected chi connectivity index (χ1v) is 8.27. The number of benzene rings is 1. The van der Waals surface area contributed by atoms with Crippen LogP contribution < -0.4 is 5.32 Å². The lowest BCUT2D eigenvalue weighted by atomic mass is 10.0. The summed E-state index contributed by atoms with van der Waals surface area (Å²) in [5.41, 5.74) is 1.36. The number of anilines is 1. The predicted octanol–water partition coefficient (Wildman–Crippen LogP) is 4.88. The van der Waals surface area contributed by atoms with Crippen LogP contribution in [0.5, 0.6) is 0 Å². The summed E-state index contributed by atoms with van der Waals surface area (Å²) in [6.45, 7) is 9.43. The number of hydrogen-bond donors (Lipinski definition) is 1. The Labute approximate surface area is 131 Å². The Balaban J connectivity index is 2.12. The Morgan fingerprint density at radius 3 is 2.48 bits per heavy atom. The zero-order chi connectivity index (χ0) is 15.2. The molecule has 0 spiro atoms. The zero-order valence-electron chi connectivity index (χ0n) is 13.2. The molecule has 0 fully saturated rings. The highest BCUT2D eigenvalue weighted by atomic mass is 32.2. The maximum atomic E-state index is 4.51. The van der Waals surface area contributed by atoms with Gasteiger partial charge in [-0.2, -0.15) is 0 Å². The minimum Gasteiger partial charge on any atom is -0.370 e. The van der Waals surface area contributed by atoms with E-state index >= 15 is 0 Å². The van der Waals surface area contributed by atoms with E-state index in [2.05, 4.69) is 60.3 Å². The van der Waals surface area contributed by atoms with Gasteiger partial charge in [-0.05, 0) is 37.0 Å². The highest BCUT2D eigenvalue weighted by molar-refractivity contribution is 7.99. The van der Waals surface area contributed by atoms with Gasteiger partial charge in [-0.15, -0.1) is 0 Å². The van der Waals surface area contributed by atoms with Gasteiger partial charge in [0.15, 0.2) is 0 Å². The van der Waals surface area contributed by atoms with Gasteiger partial charge in [0.1, 0.15) is 16.7 Å². The number of hydrogen-bond acceptors (Lipinski definition) is 4. The molecular formula is C17H23N3S. The summed E-state index contributed by atoms with van der Waals surface area (Å²) in [4.78, 5) is 10.1. The van der Waals surface area contributed by atoms with Crippen molar-refractivity contribution in [2.45, 2.75) is 50.0 Å². The minimum atomic E-state index is 0.565. The predicted molar refractivity (Wildman–Crippen MR) is 90.2 cm³/mol. The number of aromatic nitrogens is 2. The van der Waals surface area contributed by atoms with Gasteiger partial charge in [0.25, 0.3) is 0 Å². The van der Waals surface area contributed by atoms with E-state index in [-0.39, 0.29) is 0 Å². The van der Waals surface area contributed by atoms with Crippen LogP contribution in [0, 0.1) is 6.92 Å². The Hall–Kier alpha value is -1.55. The molecule has 0 atom stereocenters. The van der Waals surface area contributed by atoms with E-state index < -0.39 is 0 Å². The van der Waals surface area contributed by atoms with E-state index in [9.17, 15) is 0 Å². The average molecular weight is 301 g/mol. The largest absolute Gasteiger partial charge is 0.370 e. The van der Waals surface area contributed by atoms with Gasteiger partial charge in [-0.3, -0.25) is 0 Å². The molecule has 4 heteroatoms. The lowest BCUT2D eigenvalue weighted by Crippen LogP contribution is -2.04. The second-order valence-corrected chi connectivity index (χ2v) is 6.49. The minimum absolute atomic E-state index is 0.565. The van der Waals surface area contributed by atoms with Crippen LogP contribution in [0.1, 0.15) is 44.5 Å². The number of nitrogens with zero attached hydrogens (tertiary/aromatic N) is 2. The zero-order valence-corrected chi connectivity index (χ0v) is 14.0. The van der Waals surface area contributed by atoms with Crippen molar-refractivity contribution in [1.29, 1.82) is 0 Å². The molecule has 3 nitrogen and oxygen atoms in total. The van der Waals surface area contributed by atoms with Crippen LogP contribution in [0.15, 0.2) is 40.3 Å². The third kappa shape index (κ3) is 4.74. The molecule has 0 aliphatic heterocycles. The molecular weight excluding hydrogens is 278 g/mol. The van der Waals surface area contributed by atoms with Crippen molar-refractivity contribution in [3.8, 4) is 0 Å². The van der Waals surface area contributed by atoms with Gasteiger partial charge >= 0.3 is 0 Å². The van der Waals surface area contributed by atoms with Crippen molar-refractivity contribution in [2.24, 2.45) is 0 Å². The van der Waals surface area contributed by atoms with Crippen LogP contribution in [-0.2, 0) is 0 Å². The standard InChI is InChI=1S/C17H23N3S/c1-5-10-18-16-11-17(20-13(4)19-16)21-15-8-6-14(7-9-15)12(2)3/h6-9,11-12H,5,10H2,1-4H3,(H,18,19,20). The van der Waals surface area contributed by atoms with Gasteiger partial charge in [0, 0.05) is 17.5 Å². The third-order valence-electron chi connectivity index (χ3n) is 3.14. The first-order valence-electron chi connectivity index (χ1n) is 7.46. The van der Waals surface area contributed by atoms with E-state index in [4.69, 9.17) is 0 Å². The van der Waals surface area contributed by atoms with Gasteiger partial charge < -0.3 is 5.32 Å². The molecule has 0 saturated carbocycles. The Bertz CT molecular complexity index is 579. The molecule has 0 saturated heterocycles. The number of nitrogens with one attached hydrogen (secondary N) is 1. The quantitative estimate of drug-likeness (QED) is 0.772. The van der Waals surface area contributed by atoms with Crippen molar-refractivity contribution in [3.05, 3.63) is 41.7 Å². The van der Waals surface area contributed by atoms with E-state index in [1.807, 2.05) is 13.0 Å². The van der Waals surface area contributed by atoms with Crippen molar-refractivity contribution < 1.29 is 0 Å². The molecule has 0 radical (unpaired) electrons. The summed E-state index contributed by atoms with van der Waals surface area (Å²) >= 11 is 1.68. The maximum Gasteiger partial charge on any atom is 0.130 e. The molecule has 1 aromatic heterocycles. The van der Waals surface area contributed by atoms with Crippen molar-refractivity contribution >= 4 is 17.6 Å². The number of rotatable bonds is 6. The van der Waals surface area contributed by atoms with Crippen molar-refractivity contribution in [2.75, 3.05) is 11.9 Å². The highest BCUT2D eigenvalue weighted by Crippen LogP contribution is 2.28. The van der Waals surface area contributed by atoms with Gasteiger partial charge in [-0.1, -0.05) is 44.7 Å². The Kier molecular flexibility index (Phi) is 5.62. The summed E-state index contributed by atoms with van der Waals surface area (Å²) in [5, 5.41) is 4.31. The molecule has 2 aromatic rings. The van der Waals surface area contributed by atoms with Gasteiger partial charge in [0.05, 0.1) is 0 Å². The Morgan fingerprint density at radius 1 is 1.14 bits per heavy atom. The van der Waals surface area contributed by atoms with Crippen molar-refractivity contribution in [3.63, 3.8) is 0 Å². The molecule has 2 rings (SSSR count). The van der Waals surface area contributed by atoms with Crippen LogP contribution in [0.25, 0.3) is 0 Å². The molecule has 0 amide bonds. The monoisotopic (exact) mass is 301 g/mol. The fourth-order valence-corrected chi connectivity index (χ4v) is 2.84. The summed E-state index contributed by atoms with van der Waals surface area (Å²) in [6, 6.07) is 10.7. The topological polar surface area (TPSA) is 37.8 Å². The normalized spacial score (nSPS) is 10.9. The van der Waals surface area contributed by atoms with E-state index in [1.54, 1.807) is 11.8 Å². The van der Waals surface area contributed by atoms with Gasteiger partial charge in [-0.25, -0.2) is 9.97 Å². The lowest BCUT2D eigenvalue weighted by molar-refractivity contribution is 0.865. The molecule has 1 aromatic carbocycles. The second-order valence-electron chi connectivity index (χ2n) is 5.39. The summed E-state index contributed by atoms with van der Waals surface area (Å²) in [7, 11) is 0. The summed E-state index contributed by atoms with van der Waals surface area (Å²) < 4.78 is 0. The second kappa shape index (κ2) is 7.46. The molecule has 0 bridgehead atoms. The fraction of sp³-hybridized carbons (Fsp3) is 0.412. The summed E-state index contributed by atoms with van der Waals surface area (Å²) in [6.07, 6.45) is 1.09. The molecule has 1 N–H and O–H groups in total. The molecule has 112 valence electrons. The van der Waals surface area contributed by atoms with E-state index in [1.165, 1.54) is 10.5 Å².